The molecular formula is C18H10NO5-. The molecule has 0 N–H and O–H groups in total. The van der Waals surface area contributed by atoms with Gasteiger partial charge in [0.2, 0.25) is 0 Å². The quantitative estimate of drug-likeness (QED) is 0.684. The topological polar surface area (TPSA) is 90.7 Å². The molecule has 2 amide bonds. The minimum Gasteiger partial charge on any atom is -0.545 e. The molecule has 0 bridgehead atoms. The Morgan fingerprint density at radius 1 is 1.00 bits per heavy atom. The summed E-state index contributed by atoms with van der Waals surface area (Å²) < 4.78 is 5.21. The first kappa shape index (κ1) is 14.2. The van der Waals surface area contributed by atoms with E-state index in [2.05, 4.69) is 0 Å². The maximum absolute atomic E-state index is 12.7. The Bertz CT molecular complexity index is 981. The van der Waals surface area contributed by atoms with Crippen LogP contribution in [0.4, 0.5) is 0 Å². The maximum atomic E-state index is 12.7. The van der Waals surface area contributed by atoms with Crippen molar-refractivity contribution < 1.29 is 23.9 Å². The largest absolute Gasteiger partial charge is 0.545 e. The molecule has 1 aromatic heterocycles. The summed E-state index contributed by atoms with van der Waals surface area (Å²) in [6.07, 6.45) is 1.47. The predicted molar refractivity (Wildman–Crippen MR) is 81.2 cm³/mol. The van der Waals surface area contributed by atoms with Gasteiger partial charge in [-0.2, -0.15) is 0 Å². The molecule has 6 heteroatoms. The van der Waals surface area contributed by atoms with Crippen LogP contribution in [0.15, 0.2) is 53.1 Å². The average Bonchev–Trinajstić information content (AvgIpc) is 3.09. The van der Waals surface area contributed by atoms with E-state index in [0.29, 0.717) is 16.5 Å². The zero-order chi connectivity index (χ0) is 16.8. The summed E-state index contributed by atoms with van der Waals surface area (Å²) in [5.41, 5.74) is 0.532. The fourth-order valence-electron chi connectivity index (χ4n) is 3.03. The van der Waals surface area contributed by atoms with Crippen molar-refractivity contribution in [2.75, 3.05) is 0 Å². The lowest BCUT2D eigenvalue weighted by atomic mass is 9.91. The van der Waals surface area contributed by atoms with Gasteiger partial charge in [0.05, 0.1) is 18.8 Å². The van der Waals surface area contributed by atoms with E-state index in [0.717, 1.165) is 4.90 Å². The van der Waals surface area contributed by atoms with Gasteiger partial charge in [0.1, 0.15) is 5.76 Å². The highest BCUT2D eigenvalue weighted by Crippen LogP contribution is 2.32. The number of aromatic carboxylic acids is 1. The zero-order valence-corrected chi connectivity index (χ0v) is 12.3. The molecular weight excluding hydrogens is 310 g/mol. The number of amides is 2. The van der Waals surface area contributed by atoms with Crippen molar-refractivity contribution in [3.63, 3.8) is 0 Å². The minimum absolute atomic E-state index is 0.0166. The van der Waals surface area contributed by atoms with Gasteiger partial charge >= 0.3 is 0 Å². The van der Waals surface area contributed by atoms with E-state index in [9.17, 15) is 19.5 Å². The van der Waals surface area contributed by atoms with Crippen LogP contribution in [0.3, 0.4) is 0 Å². The Morgan fingerprint density at radius 3 is 2.42 bits per heavy atom. The Labute approximate surface area is 135 Å². The van der Waals surface area contributed by atoms with Crippen molar-refractivity contribution in [3.05, 3.63) is 71.2 Å². The monoisotopic (exact) mass is 320 g/mol. The van der Waals surface area contributed by atoms with E-state index >= 15 is 0 Å². The van der Waals surface area contributed by atoms with Crippen LogP contribution in [-0.4, -0.2) is 22.7 Å². The number of carboxylic acids is 1. The Hall–Kier alpha value is -3.41. The summed E-state index contributed by atoms with van der Waals surface area (Å²) in [5.74, 6) is -1.83. The third-order valence-corrected chi connectivity index (χ3v) is 4.11. The van der Waals surface area contributed by atoms with Crippen LogP contribution < -0.4 is 5.11 Å². The minimum atomic E-state index is -1.35. The van der Waals surface area contributed by atoms with Crippen LogP contribution >= 0.6 is 0 Å². The zero-order valence-electron chi connectivity index (χ0n) is 12.3. The SMILES string of the molecule is O=C([O-])c1ccc2c3c(cccc13)C(=O)N(Cc1ccco1)C2=O. The van der Waals surface area contributed by atoms with E-state index in [1.165, 1.54) is 18.4 Å². The number of rotatable bonds is 3. The number of hydrogen-bond acceptors (Lipinski definition) is 5. The fourth-order valence-corrected chi connectivity index (χ4v) is 3.03. The van der Waals surface area contributed by atoms with Gasteiger partial charge < -0.3 is 14.3 Å². The predicted octanol–water partition coefficient (Wildman–Crippen LogP) is 1.59. The highest BCUT2D eigenvalue weighted by Gasteiger charge is 2.33. The smallest absolute Gasteiger partial charge is 0.261 e. The molecule has 0 atom stereocenters. The van der Waals surface area contributed by atoms with Gasteiger partial charge in [-0.25, -0.2) is 0 Å². The molecule has 0 saturated heterocycles. The second-order valence-electron chi connectivity index (χ2n) is 5.45. The maximum Gasteiger partial charge on any atom is 0.261 e. The summed E-state index contributed by atoms with van der Waals surface area (Å²) in [6, 6.07) is 10.8. The molecule has 118 valence electrons. The molecule has 0 aliphatic carbocycles. The first-order chi connectivity index (χ1) is 11.6. The lowest BCUT2D eigenvalue weighted by molar-refractivity contribution is -0.254. The number of hydrogen-bond donors (Lipinski definition) is 0. The van der Waals surface area contributed by atoms with Gasteiger partial charge in [0.25, 0.3) is 11.8 Å². The van der Waals surface area contributed by atoms with Gasteiger partial charge in [-0.15, -0.1) is 0 Å². The summed E-state index contributed by atoms with van der Waals surface area (Å²) in [6.45, 7) is 0.0166. The number of furan rings is 1. The molecule has 0 saturated carbocycles. The molecule has 3 aromatic rings. The third-order valence-electron chi connectivity index (χ3n) is 4.11. The number of imide groups is 1. The van der Waals surface area contributed by atoms with E-state index in [1.54, 1.807) is 30.3 Å². The Balaban J connectivity index is 1.92. The van der Waals surface area contributed by atoms with E-state index in [-0.39, 0.29) is 23.2 Å². The van der Waals surface area contributed by atoms with Crippen LogP contribution in [0.25, 0.3) is 10.8 Å². The molecule has 6 nitrogen and oxygen atoms in total. The molecule has 0 radical (unpaired) electrons. The summed E-state index contributed by atoms with van der Waals surface area (Å²) in [5, 5.41) is 12.0. The molecule has 2 heterocycles. The van der Waals surface area contributed by atoms with Crippen LogP contribution in [0.2, 0.25) is 0 Å². The normalized spacial score (nSPS) is 13.6. The van der Waals surface area contributed by atoms with Gasteiger partial charge in [0.15, 0.2) is 0 Å². The highest BCUT2D eigenvalue weighted by molar-refractivity contribution is 6.27. The molecule has 4 rings (SSSR count). The molecule has 24 heavy (non-hydrogen) atoms. The average molecular weight is 320 g/mol. The summed E-state index contributed by atoms with van der Waals surface area (Å²) in [7, 11) is 0. The fraction of sp³-hybridized carbons (Fsp3) is 0.0556. The molecule has 2 aromatic carbocycles. The van der Waals surface area contributed by atoms with Crippen molar-refractivity contribution in [3.8, 4) is 0 Å². The van der Waals surface area contributed by atoms with Crippen LogP contribution in [0, 0.1) is 0 Å². The summed E-state index contributed by atoms with van der Waals surface area (Å²) >= 11 is 0. The Morgan fingerprint density at radius 2 is 1.75 bits per heavy atom. The second kappa shape index (κ2) is 5.06. The number of nitrogens with zero attached hydrogens (tertiary/aromatic N) is 1. The molecule has 1 aliphatic heterocycles. The van der Waals surface area contributed by atoms with E-state index < -0.39 is 17.8 Å². The molecule has 0 unspecified atom stereocenters. The number of carboxylic acid groups (broad SMARTS) is 1. The van der Waals surface area contributed by atoms with Crippen molar-refractivity contribution >= 4 is 28.6 Å². The van der Waals surface area contributed by atoms with Gasteiger partial charge in [-0.3, -0.25) is 14.5 Å². The van der Waals surface area contributed by atoms with Gasteiger partial charge in [0, 0.05) is 22.1 Å². The first-order valence-corrected chi connectivity index (χ1v) is 7.23. The van der Waals surface area contributed by atoms with Crippen molar-refractivity contribution in [1.29, 1.82) is 0 Å². The van der Waals surface area contributed by atoms with E-state index in [4.69, 9.17) is 4.42 Å². The van der Waals surface area contributed by atoms with Crippen LogP contribution in [-0.2, 0) is 6.54 Å². The molecule has 0 fully saturated rings. The lowest BCUT2D eigenvalue weighted by Gasteiger charge is -2.27. The molecule has 0 spiro atoms. The van der Waals surface area contributed by atoms with Crippen molar-refractivity contribution in [2.24, 2.45) is 0 Å². The first-order valence-electron chi connectivity index (χ1n) is 7.23. The van der Waals surface area contributed by atoms with Gasteiger partial charge in [-0.05, 0) is 29.7 Å². The van der Waals surface area contributed by atoms with Crippen LogP contribution in [0.5, 0.6) is 0 Å². The second-order valence-corrected chi connectivity index (χ2v) is 5.45. The standard InChI is InChI=1S/C18H11NO5/c20-16-13-5-1-4-11-12(18(22)23)6-7-14(15(11)13)17(21)19(16)9-10-3-2-8-24-10/h1-8H,9H2,(H,22,23)/p-1. The number of carbonyl (C=O) groups is 3. The summed E-state index contributed by atoms with van der Waals surface area (Å²) in [4.78, 5) is 37.8. The third kappa shape index (κ3) is 1.93. The molecule has 1 aliphatic rings. The van der Waals surface area contributed by atoms with Crippen molar-refractivity contribution in [2.45, 2.75) is 6.54 Å². The Kier molecular flexibility index (Phi) is 2.99. The van der Waals surface area contributed by atoms with Crippen molar-refractivity contribution in [1.82, 2.24) is 4.90 Å². The van der Waals surface area contributed by atoms with Crippen LogP contribution in [0.1, 0.15) is 36.8 Å². The number of carbonyl (C=O) groups excluding carboxylic acids is 3. The highest BCUT2D eigenvalue weighted by atomic mass is 16.4. The number of benzene rings is 2. The van der Waals surface area contributed by atoms with E-state index in [1.807, 2.05) is 0 Å². The van der Waals surface area contributed by atoms with Gasteiger partial charge in [-0.1, -0.05) is 18.2 Å². The lowest BCUT2D eigenvalue weighted by Crippen LogP contribution is -2.39.